The van der Waals surface area contributed by atoms with E-state index in [1.54, 1.807) is 21.8 Å². The summed E-state index contributed by atoms with van der Waals surface area (Å²) in [4.78, 5) is 13.9. The molecule has 1 aliphatic heterocycles. The molecule has 0 radical (unpaired) electrons. The van der Waals surface area contributed by atoms with Crippen molar-refractivity contribution in [2.75, 3.05) is 24.3 Å². The number of ether oxygens (including phenoxy) is 1. The zero-order chi connectivity index (χ0) is 22.6. The van der Waals surface area contributed by atoms with Crippen LogP contribution in [0.4, 0.5) is 18.9 Å². The minimum atomic E-state index is -4.74. The summed E-state index contributed by atoms with van der Waals surface area (Å²) in [6.45, 7) is 0.520. The second-order valence-electron chi connectivity index (χ2n) is 7.37. The van der Waals surface area contributed by atoms with Gasteiger partial charge >= 0.3 is 6.18 Å². The van der Waals surface area contributed by atoms with Crippen molar-refractivity contribution in [2.45, 2.75) is 31.5 Å². The molecule has 1 N–H and O–H groups in total. The largest absolute Gasteiger partial charge is 0.482 e. The first-order valence-electron chi connectivity index (χ1n) is 9.69. The summed E-state index contributed by atoms with van der Waals surface area (Å²) in [6, 6.07) is 10.7. The van der Waals surface area contributed by atoms with Crippen molar-refractivity contribution < 1.29 is 31.1 Å². The van der Waals surface area contributed by atoms with Gasteiger partial charge in [0.25, 0.3) is 5.91 Å². The first kappa shape index (κ1) is 23.1. The number of hydrogen-bond acceptors (Lipinski definition) is 4. The van der Waals surface area contributed by atoms with Gasteiger partial charge < -0.3 is 9.64 Å². The fraction of sp³-hybridized carbons (Fsp3) is 0.381. The second-order valence-corrected chi connectivity index (χ2v) is 9.15. The Kier molecular flexibility index (Phi) is 6.90. The minimum absolute atomic E-state index is 0.000360. The van der Waals surface area contributed by atoms with Crippen LogP contribution in [0.15, 0.2) is 48.5 Å². The van der Waals surface area contributed by atoms with E-state index in [0.717, 1.165) is 17.7 Å². The third-order valence-electron chi connectivity index (χ3n) is 4.88. The predicted octanol–water partition coefficient (Wildman–Crippen LogP) is 3.59. The van der Waals surface area contributed by atoms with Crippen molar-refractivity contribution in [3.63, 3.8) is 0 Å². The molecular weight excluding hydrogens is 433 g/mol. The third-order valence-corrected chi connectivity index (χ3v) is 5.54. The van der Waals surface area contributed by atoms with E-state index in [2.05, 4.69) is 0 Å². The van der Waals surface area contributed by atoms with E-state index in [0.29, 0.717) is 31.4 Å². The highest BCUT2D eigenvalue weighted by atomic mass is 32.2. The van der Waals surface area contributed by atoms with Crippen LogP contribution in [0.1, 0.15) is 30.0 Å². The van der Waals surface area contributed by atoms with Crippen LogP contribution in [0.2, 0.25) is 0 Å². The van der Waals surface area contributed by atoms with Crippen molar-refractivity contribution in [1.29, 1.82) is 0 Å². The number of aryl methyl sites for hydroxylation is 1. The van der Waals surface area contributed by atoms with E-state index in [9.17, 15) is 26.4 Å². The predicted molar refractivity (Wildman–Crippen MR) is 110 cm³/mol. The summed E-state index contributed by atoms with van der Waals surface area (Å²) < 4.78 is 69.3. The molecule has 31 heavy (non-hydrogen) atoms. The molecular formula is C21H23F3N2O4S. The van der Waals surface area contributed by atoms with Gasteiger partial charge in [-0.3, -0.25) is 4.79 Å². The van der Waals surface area contributed by atoms with Gasteiger partial charge in [-0.05, 0) is 42.5 Å². The number of para-hydroxylation sites is 2. The number of rotatable bonds is 8. The highest BCUT2D eigenvalue weighted by molar-refractivity contribution is 7.88. The van der Waals surface area contributed by atoms with Crippen LogP contribution < -0.4 is 14.4 Å². The third kappa shape index (κ3) is 6.20. The smallest absolute Gasteiger partial charge is 0.408 e. The Morgan fingerprint density at radius 2 is 1.77 bits per heavy atom. The van der Waals surface area contributed by atoms with Crippen LogP contribution in [0.5, 0.6) is 5.75 Å². The molecule has 168 valence electrons. The molecule has 3 rings (SSSR count). The van der Waals surface area contributed by atoms with E-state index in [1.807, 2.05) is 24.3 Å². The number of halogens is 3. The number of anilines is 1. The van der Waals surface area contributed by atoms with Gasteiger partial charge in [-0.1, -0.05) is 36.4 Å². The quantitative estimate of drug-likeness (QED) is 0.616. The van der Waals surface area contributed by atoms with Crippen molar-refractivity contribution in [2.24, 2.45) is 0 Å². The zero-order valence-corrected chi connectivity index (χ0v) is 17.7. The van der Waals surface area contributed by atoms with Crippen LogP contribution in [-0.2, 0) is 21.2 Å². The molecule has 0 aromatic heterocycles. The van der Waals surface area contributed by atoms with Gasteiger partial charge in [0, 0.05) is 6.54 Å². The molecule has 6 nitrogen and oxygen atoms in total. The topological polar surface area (TPSA) is 75.7 Å². The van der Waals surface area contributed by atoms with Crippen molar-refractivity contribution in [3.05, 3.63) is 59.7 Å². The molecule has 0 spiro atoms. The Bertz CT molecular complexity index is 1020. The number of carbonyl (C=O) groups is 1. The maximum absolute atomic E-state index is 13.2. The Morgan fingerprint density at radius 1 is 1.10 bits per heavy atom. The van der Waals surface area contributed by atoms with Crippen LogP contribution in [-0.4, -0.2) is 39.9 Å². The molecule has 10 heteroatoms. The SMILES string of the molecule is CS(=O)(=O)N[C@@H](c1ccc(CCCCN2C(=O)COc3ccccc32)cc1)C(F)(F)F. The van der Waals surface area contributed by atoms with E-state index >= 15 is 0 Å². The molecule has 1 aliphatic rings. The number of fused-ring (bicyclic) bond motifs is 1. The molecule has 0 fully saturated rings. The van der Waals surface area contributed by atoms with Crippen LogP contribution >= 0.6 is 0 Å². The lowest BCUT2D eigenvalue weighted by atomic mass is 10.0. The van der Waals surface area contributed by atoms with E-state index in [4.69, 9.17) is 4.74 Å². The molecule has 0 unspecified atom stereocenters. The van der Waals surface area contributed by atoms with Gasteiger partial charge in [0.05, 0.1) is 11.9 Å². The summed E-state index contributed by atoms with van der Waals surface area (Å²) in [7, 11) is -4.03. The highest BCUT2D eigenvalue weighted by Gasteiger charge is 2.42. The van der Waals surface area contributed by atoms with Gasteiger partial charge in [-0.25, -0.2) is 8.42 Å². The number of unbranched alkanes of at least 4 members (excludes halogenated alkanes) is 1. The summed E-state index contributed by atoms with van der Waals surface area (Å²) in [5.41, 5.74) is 1.40. The lowest BCUT2D eigenvalue weighted by Crippen LogP contribution is -2.39. The first-order valence-corrected chi connectivity index (χ1v) is 11.6. The van der Waals surface area contributed by atoms with Gasteiger partial charge in [0.2, 0.25) is 10.0 Å². The van der Waals surface area contributed by atoms with Gasteiger partial charge in [-0.2, -0.15) is 17.9 Å². The van der Waals surface area contributed by atoms with E-state index < -0.39 is 22.2 Å². The minimum Gasteiger partial charge on any atom is -0.482 e. The highest BCUT2D eigenvalue weighted by Crippen LogP contribution is 2.34. The van der Waals surface area contributed by atoms with Crippen LogP contribution in [0, 0.1) is 0 Å². The van der Waals surface area contributed by atoms with Crippen molar-refractivity contribution in [3.8, 4) is 5.75 Å². The zero-order valence-electron chi connectivity index (χ0n) is 16.9. The standard InChI is InChI=1S/C21H23F3N2O4S/c1-31(28,29)25-20(21(22,23)24)16-11-9-15(10-12-16)6-4-5-13-26-17-7-2-3-8-18(17)30-14-19(26)27/h2-3,7-12,20,25H,4-6,13-14H2,1H3/t20-/m0/s1. The number of alkyl halides is 3. The summed E-state index contributed by atoms with van der Waals surface area (Å²) in [5, 5.41) is 0. The van der Waals surface area contributed by atoms with Crippen LogP contribution in [0.3, 0.4) is 0 Å². The van der Waals surface area contributed by atoms with Crippen molar-refractivity contribution in [1.82, 2.24) is 4.72 Å². The first-order chi connectivity index (χ1) is 14.5. The van der Waals surface area contributed by atoms with Crippen molar-refractivity contribution >= 4 is 21.6 Å². The monoisotopic (exact) mass is 456 g/mol. The fourth-order valence-corrected chi connectivity index (χ4v) is 4.11. The average molecular weight is 456 g/mol. The number of amides is 1. The van der Waals surface area contributed by atoms with Gasteiger partial charge in [-0.15, -0.1) is 0 Å². The summed E-state index contributed by atoms with van der Waals surface area (Å²) in [6.07, 6.45) is -1.99. The van der Waals surface area contributed by atoms with Gasteiger partial charge in [0.15, 0.2) is 6.61 Å². The Balaban J connectivity index is 1.57. The number of hydrogen-bond donors (Lipinski definition) is 1. The molecule has 2 aromatic carbocycles. The summed E-state index contributed by atoms with van der Waals surface area (Å²) >= 11 is 0. The number of sulfonamides is 1. The molecule has 1 amide bonds. The molecule has 0 bridgehead atoms. The summed E-state index contributed by atoms with van der Waals surface area (Å²) in [5.74, 6) is 0.555. The lowest BCUT2D eigenvalue weighted by molar-refractivity contribution is -0.153. The Hall–Kier alpha value is -2.59. The molecule has 0 saturated heterocycles. The normalized spacial score (nSPS) is 15.4. The fourth-order valence-electron chi connectivity index (χ4n) is 3.41. The molecule has 0 aliphatic carbocycles. The number of nitrogens with zero attached hydrogens (tertiary/aromatic N) is 1. The molecule has 0 saturated carbocycles. The molecule has 2 aromatic rings. The van der Waals surface area contributed by atoms with Crippen LogP contribution in [0.25, 0.3) is 0 Å². The van der Waals surface area contributed by atoms with Gasteiger partial charge in [0.1, 0.15) is 11.8 Å². The Labute approximate surface area is 179 Å². The lowest BCUT2D eigenvalue weighted by Gasteiger charge is -2.29. The number of benzene rings is 2. The second kappa shape index (κ2) is 9.27. The van der Waals surface area contributed by atoms with E-state index in [-0.39, 0.29) is 18.1 Å². The average Bonchev–Trinajstić information content (AvgIpc) is 2.70. The Morgan fingerprint density at radius 3 is 2.42 bits per heavy atom. The van der Waals surface area contributed by atoms with E-state index in [1.165, 1.54) is 12.1 Å². The molecule has 1 atom stereocenters. The number of nitrogens with one attached hydrogen (secondary N) is 1. The molecule has 1 heterocycles. The maximum Gasteiger partial charge on any atom is 0.408 e. The maximum atomic E-state index is 13.2. The number of carbonyl (C=O) groups excluding carboxylic acids is 1.